The Kier molecular flexibility index (Phi) is 34.5. The number of thioether (sulfide) groups is 6. The second-order valence-electron chi connectivity index (χ2n) is 30.1. The number of aryl methyl sites for hydroxylation is 13. The molecule has 0 fully saturated rings. The maximum atomic E-state index is 14.2. The number of nitrogens with zero attached hydrogens (tertiary/aromatic N) is 37. The second-order valence-corrected chi connectivity index (χ2v) is 38.5. The van der Waals surface area contributed by atoms with Crippen LogP contribution in [-0.4, -0.2) is 190 Å². The Balaban J connectivity index is 0.000000135. The average Bonchev–Trinajstić information content (AvgIpc) is 1.64. The van der Waals surface area contributed by atoms with Crippen LogP contribution in [0.15, 0.2) is 264 Å². The Labute approximate surface area is 848 Å². The summed E-state index contributed by atoms with van der Waals surface area (Å²) in [6.07, 6.45) is 12.1. The maximum absolute atomic E-state index is 14.2. The highest BCUT2D eigenvalue weighted by Gasteiger charge is 2.23. The smallest absolute Gasteiger partial charge is 0.368 e. The van der Waals surface area contributed by atoms with Crippen LogP contribution in [0.1, 0.15) is 51.6 Å². The fourth-order valence-electron chi connectivity index (χ4n) is 13.0. The van der Waals surface area contributed by atoms with Crippen LogP contribution < -0.4 is 38.9 Å². The summed E-state index contributed by atoms with van der Waals surface area (Å²) in [4.78, 5) is 77.0. The van der Waals surface area contributed by atoms with Gasteiger partial charge in [0.05, 0.1) is 41.2 Å². The summed E-state index contributed by atoms with van der Waals surface area (Å²) >= 11 is 21.5. The van der Waals surface area contributed by atoms with Crippen molar-refractivity contribution in [2.75, 3.05) is 7.11 Å². The molecule has 0 radical (unpaired) electrons. The van der Waals surface area contributed by atoms with Gasteiger partial charge in [0.15, 0.2) is 0 Å². The van der Waals surface area contributed by atoms with Crippen molar-refractivity contribution in [1.29, 1.82) is 0 Å². The van der Waals surface area contributed by atoms with Gasteiger partial charge in [0.1, 0.15) is 41.7 Å². The molecule has 44 nitrogen and oxygen atoms in total. The molecule has 0 amide bonds. The monoisotopic (exact) mass is 2200 g/mol. The number of hydrogen-bond donors (Lipinski definition) is 0. The number of benzene rings is 6. The van der Waals surface area contributed by atoms with Crippen LogP contribution in [-0.2, 0) is 118 Å². The Bertz CT molecular complexity index is 7340. The standard InChI is InChI=1S/C21H23N7O2S.C13H13BrN6OS.C13H13ClN6OS.C13H13FN6OS.C13H13IN6OS.C13H14N6OS/c1-5-15-9-10-18(20(22-15)30-4)27-12-11-19(23-27)31-13-16-14(2)7-6-8-17(16)28-21(29)26(3)24-25-28;4*1-18-7-6-12(15-18)22-8-9-10(14)4-3-5-11(9)20-13(21)19(2)16-17-20;1-17-8-7-12(14-17)21-9-10-5-3-4-6-11(10)19-13(20)18(2)15-16-19/h6-12H,5,13H2,1-4H3;4*3-7H,8H2,1-2H3;3-8H,9H2,1-2H3. The third-order valence-corrected chi connectivity index (χ3v) is 28.2. The quantitative estimate of drug-likeness (QED) is 0.0341. The van der Waals surface area contributed by atoms with Crippen molar-refractivity contribution in [2.24, 2.45) is 77.5 Å². The summed E-state index contributed by atoms with van der Waals surface area (Å²) in [7, 11) is 20.3. The highest BCUT2D eigenvalue weighted by atomic mass is 127. The number of halogens is 4. The Morgan fingerprint density at radius 3 is 1.09 bits per heavy atom. The number of para-hydroxylation sites is 1. The van der Waals surface area contributed by atoms with Crippen LogP contribution in [0, 0.1) is 16.3 Å². The van der Waals surface area contributed by atoms with Gasteiger partial charge in [-0.25, -0.2) is 42.8 Å². The number of aromatic nitrogens is 37. The van der Waals surface area contributed by atoms with E-state index in [4.69, 9.17) is 16.3 Å². The molecule has 13 aromatic heterocycles. The summed E-state index contributed by atoms with van der Waals surface area (Å²) < 4.78 is 46.8. The maximum Gasteiger partial charge on any atom is 0.368 e. The summed E-state index contributed by atoms with van der Waals surface area (Å²) in [5.74, 6) is 3.77. The van der Waals surface area contributed by atoms with Crippen LogP contribution in [0.3, 0.4) is 0 Å². The molecule has 0 unspecified atom stereocenters. The second kappa shape index (κ2) is 47.3. The molecule has 0 atom stereocenters. The third kappa shape index (κ3) is 25.1. The zero-order valence-corrected chi connectivity index (χ0v) is 86.8. The lowest BCUT2D eigenvalue weighted by Crippen LogP contribution is -2.23. The van der Waals surface area contributed by atoms with Crippen LogP contribution in [0.5, 0.6) is 5.88 Å². The van der Waals surface area contributed by atoms with E-state index >= 15 is 0 Å². The van der Waals surface area contributed by atoms with E-state index in [9.17, 15) is 33.2 Å². The van der Waals surface area contributed by atoms with E-state index in [1.807, 2.05) is 207 Å². The first kappa shape index (κ1) is 102. The SMILES string of the molecule is CCc1ccc(-n2ccc(SCc3c(C)cccc3-n3nnn(C)c3=O)n2)c(OC)n1.Cn1ccc(SCc2c(Br)cccc2-n2nnn(C)c2=O)n1.Cn1ccc(SCc2c(Cl)cccc2-n2nnn(C)c2=O)n1.Cn1ccc(SCc2c(F)cccc2-n2nnn(C)c2=O)n1.Cn1ccc(SCc2c(I)cccc2-n2nnn(C)c2=O)n1.Cn1ccc(SCc2ccccc2-n2nnn(C)c2=O)n1. The van der Waals surface area contributed by atoms with Crippen molar-refractivity contribution in [3.63, 3.8) is 0 Å². The molecular formula is C86H89BrClFIN37O7S6. The molecule has 0 bridgehead atoms. The first-order valence-electron chi connectivity index (χ1n) is 42.0. The molecule has 19 rings (SSSR count). The predicted octanol–water partition coefficient (Wildman–Crippen LogP) is 9.84. The van der Waals surface area contributed by atoms with Crippen molar-refractivity contribution in [1.82, 2.24) is 182 Å². The van der Waals surface area contributed by atoms with E-state index in [2.05, 4.69) is 144 Å². The highest BCUT2D eigenvalue weighted by molar-refractivity contribution is 14.1. The Hall–Kier alpha value is -13.7. The highest BCUT2D eigenvalue weighted by Crippen LogP contribution is 2.35. The van der Waals surface area contributed by atoms with Crippen molar-refractivity contribution in [3.8, 4) is 45.7 Å². The van der Waals surface area contributed by atoms with Crippen LogP contribution >= 0.6 is 121 Å². The topological polar surface area (TPSA) is 445 Å². The summed E-state index contributed by atoms with van der Waals surface area (Å²) in [6, 6.07) is 50.4. The van der Waals surface area contributed by atoms with Gasteiger partial charge in [-0.3, -0.25) is 23.4 Å². The van der Waals surface area contributed by atoms with Crippen molar-refractivity contribution in [2.45, 2.75) is 84.9 Å². The molecule has 13 heterocycles. The van der Waals surface area contributed by atoms with E-state index in [-0.39, 0.29) is 28.4 Å². The van der Waals surface area contributed by atoms with Gasteiger partial charge < -0.3 is 4.74 Å². The van der Waals surface area contributed by atoms with E-state index in [1.54, 1.807) is 160 Å². The molecule has 724 valence electrons. The molecule has 140 heavy (non-hydrogen) atoms. The van der Waals surface area contributed by atoms with Crippen molar-refractivity contribution in [3.05, 3.63) is 327 Å². The molecule has 19 aromatic rings. The van der Waals surface area contributed by atoms with E-state index in [0.29, 0.717) is 62.4 Å². The van der Waals surface area contributed by atoms with Gasteiger partial charge in [0.25, 0.3) is 0 Å². The van der Waals surface area contributed by atoms with Gasteiger partial charge in [-0.05, 0) is 224 Å². The number of tetrazole rings is 6. The largest absolute Gasteiger partial charge is 0.479 e. The molecule has 0 aliphatic rings. The zero-order chi connectivity index (χ0) is 99.5. The van der Waals surface area contributed by atoms with Gasteiger partial charge in [0.2, 0.25) is 5.88 Å². The molecule has 0 saturated heterocycles. The lowest BCUT2D eigenvalue weighted by molar-refractivity contribution is 0.393. The van der Waals surface area contributed by atoms with E-state index in [0.717, 1.165) is 121 Å². The molecule has 0 N–H and O–H groups in total. The van der Waals surface area contributed by atoms with Crippen LogP contribution in [0.4, 0.5) is 4.39 Å². The first-order valence-corrected chi connectivity index (χ1v) is 50.1. The number of ether oxygens (including phenoxy) is 1. The lowest BCUT2D eigenvalue weighted by Gasteiger charge is -2.11. The number of pyridine rings is 1. The normalized spacial score (nSPS) is 11.0. The Morgan fingerprint density at radius 2 is 0.671 bits per heavy atom. The molecule has 0 spiro atoms. The third-order valence-electron chi connectivity index (χ3n) is 20.4. The fraction of sp³-hybridized carbons (Fsp3) is 0.244. The minimum atomic E-state index is -0.422. The molecule has 6 aromatic carbocycles. The lowest BCUT2D eigenvalue weighted by atomic mass is 10.1. The van der Waals surface area contributed by atoms with Gasteiger partial charge in [-0.1, -0.05) is 160 Å². The van der Waals surface area contributed by atoms with Gasteiger partial charge in [-0.15, -0.1) is 0 Å². The molecule has 54 heteroatoms. The number of rotatable bonds is 27. The van der Waals surface area contributed by atoms with Crippen LogP contribution in [0.2, 0.25) is 5.02 Å². The molecular weight excluding hydrogens is 2120 g/mol. The van der Waals surface area contributed by atoms with Gasteiger partial charge in [0, 0.05) is 190 Å². The summed E-state index contributed by atoms with van der Waals surface area (Å²) in [5, 5.41) is 78.0. The van der Waals surface area contributed by atoms with Crippen LogP contribution in [0.25, 0.3) is 39.8 Å². The number of methoxy groups -OCH3 is 1. The Morgan fingerprint density at radius 1 is 0.343 bits per heavy atom. The van der Waals surface area contributed by atoms with E-state index in [1.165, 1.54) is 71.7 Å². The minimum Gasteiger partial charge on any atom is -0.479 e. The molecule has 0 aliphatic carbocycles. The summed E-state index contributed by atoms with van der Waals surface area (Å²) in [5.41, 5.74) is 10.2. The molecule has 0 saturated carbocycles. The van der Waals surface area contributed by atoms with E-state index < -0.39 is 11.5 Å². The van der Waals surface area contributed by atoms with Crippen molar-refractivity contribution >= 4 is 121 Å². The zero-order valence-electron chi connectivity index (χ0n) is 77.4. The number of hydrogen-bond acceptors (Lipinski definition) is 32. The predicted molar refractivity (Wildman–Crippen MR) is 540 cm³/mol. The fourth-order valence-corrected chi connectivity index (χ4v) is 20.5. The summed E-state index contributed by atoms with van der Waals surface area (Å²) in [6.45, 7) is 4.07. The average molecular weight is 2210 g/mol. The van der Waals surface area contributed by atoms with Crippen molar-refractivity contribution < 1.29 is 9.13 Å². The van der Waals surface area contributed by atoms with Gasteiger partial charge >= 0.3 is 34.1 Å². The van der Waals surface area contributed by atoms with Gasteiger partial charge in [-0.2, -0.15) is 86.8 Å². The first-order chi connectivity index (χ1) is 67.4. The molecule has 0 aliphatic heterocycles. The minimum absolute atomic E-state index is 0.258.